The van der Waals surface area contributed by atoms with Gasteiger partial charge < -0.3 is 26.6 Å². The molecule has 10 nitrogen and oxygen atoms in total. The van der Waals surface area contributed by atoms with Crippen LogP contribution >= 0.6 is 23.4 Å². The first-order chi connectivity index (χ1) is 14.1. The van der Waals surface area contributed by atoms with Crippen molar-refractivity contribution in [1.82, 2.24) is 10.6 Å². The summed E-state index contributed by atoms with van der Waals surface area (Å²) in [7, 11) is 0. The lowest BCUT2D eigenvalue weighted by Crippen LogP contribution is -2.49. The van der Waals surface area contributed by atoms with Crippen molar-refractivity contribution in [2.24, 2.45) is 5.73 Å². The summed E-state index contributed by atoms with van der Waals surface area (Å²) in [5, 5.41) is 22.5. The van der Waals surface area contributed by atoms with Crippen molar-refractivity contribution < 1.29 is 34.2 Å². The lowest BCUT2D eigenvalue weighted by molar-refractivity contribution is -0.139. The molecule has 0 aliphatic carbocycles. The number of Topliss-reactive ketones (excluding diaryl/α,β-unsaturated/α-hetero) is 1. The molecule has 0 saturated carbocycles. The van der Waals surface area contributed by atoms with E-state index in [0.29, 0.717) is 10.6 Å². The van der Waals surface area contributed by atoms with Crippen LogP contribution in [-0.2, 0) is 19.2 Å². The van der Waals surface area contributed by atoms with E-state index in [-0.39, 0.29) is 30.1 Å². The molecule has 2 amide bonds. The minimum atomic E-state index is -1.26. The number of rotatable bonds is 13. The van der Waals surface area contributed by atoms with Gasteiger partial charge in [0.1, 0.15) is 18.6 Å². The number of carbonyl (C=O) groups is 5. The summed E-state index contributed by atoms with van der Waals surface area (Å²) in [5.74, 6) is -4.06. The first-order valence-corrected chi connectivity index (χ1v) is 10.3. The summed E-state index contributed by atoms with van der Waals surface area (Å²) in [5.41, 5.74) is 5.78. The lowest BCUT2D eigenvalue weighted by Gasteiger charge is -2.18. The van der Waals surface area contributed by atoms with Gasteiger partial charge in [-0.15, -0.1) is 0 Å². The average molecular weight is 460 g/mol. The summed E-state index contributed by atoms with van der Waals surface area (Å²) in [4.78, 5) is 57.8. The molecule has 0 aliphatic heterocycles. The Bertz CT molecular complexity index is 788. The number of carbonyl (C=O) groups excluding carboxylic acids is 3. The first kappa shape index (κ1) is 25.4. The van der Waals surface area contributed by atoms with E-state index >= 15 is 0 Å². The number of hydrogen-bond donors (Lipinski definition) is 5. The van der Waals surface area contributed by atoms with Crippen molar-refractivity contribution in [2.45, 2.75) is 24.9 Å². The minimum Gasteiger partial charge on any atom is -0.480 e. The fourth-order valence-corrected chi connectivity index (χ4v) is 3.20. The molecule has 0 radical (unpaired) electrons. The van der Waals surface area contributed by atoms with Crippen molar-refractivity contribution in [3.8, 4) is 0 Å². The largest absolute Gasteiger partial charge is 0.480 e. The van der Waals surface area contributed by atoms with Crippen LogP contribution in [0.25, 0.3) is 0 Å². The van der Waals surface area contributed by atoms with Gasteiger partial charge in [-0.3, -0.25) is 24.0 Å². The number of amides is 2. The van der Waals surface area contributed by atoms with Gasteiger partial charge in [-0.05, 0) is 30.7 Å². The number of nitrogens with one attached hydrogen (secondary N) is 2. The van der Waals surface area contributed by atoms with Crippen LogP contribution in [0.3, 0.4) is 0 Å². The Morgan fingerprint density at radius 2 is 1.73 bits per heavy atom. The van der Waals surface area contributed by atoms with Crippen LogP contribution in [0.1, 0.15) is 23.2 Å². The lowest BCUT2D eigenvalue weighted by atomic mass is 10.1. The number of aliphatic carboxylic acids is 2. The molecular formula is C18H22ClN3O7S. The monoisotopic (exact) mass is 459 g/mol. The van der Waals surface area contributed by atoms with Gasteiger partial charge >= 0.3 is 11.9 Å². The Balaban J connectivity index is 2.63. The Labute approximate surface area is 181 Å². The van der Waals surface area contributed by atoms with Gasteiger partial charge in [0, 0.05) is 22.8 Å². The minimum absolute atomic E-state index is 0.00149. The van der Waals surface area contributed by atoms with Crippen LogP contribution in [0.2, 0.25) is 5.02 Å². The molecule has 0 heterocycles. The Hall–Kier alpha value is -2.63. The maximum Gasteiger partial charge on any atom is 0.322 e. The van der Waals surface area contributed by atoms with Crippen LogP contribution in [0.4, 0.5) is 0 Å². The zero-order chi connectivity index (χ0) is 22.7. The van der Waals surface area contributed by atoms with Gasteiger partial charge in [0.2, 0.25) is 11.8 Å². The van der Waals surface area contributed by atoms with E-state index in [1.807, 2.05) is 0 Å². The third-order valence-electron chi connectivity index (χ3n) is 3.75. The van der Waals surface area contributed by atoms with E-state index < -0.39 is 42.4 Å². The standard InChI is InChI=1S/C18H22ClN3O7S/c19-11-3-1-10(2-4-11)14(23)9-30-8-13(17(27)21-7-16(25)26)22-15(24)6-5-12(20)18(28)29/h1-4,12-13H,5-9,20H2,(H,21,27)(H,22,24)(H,25,26)(H,28,29)/t12-,13-/m1/s1. The highest BCUT2D eigenvalue weighted by molar-refractivity contribution is 8.00. The fraction of sp³-hybridized carbons (Fsp3) is 0.389. The van der Waals surface area contributed by atoms with E-state index in [2.05, 4.69) is 10.6 Å². The van der Waals surface area contributed by atoms with Crippen LogP contribution < -0.4 is 16.4 Å². The van der Waals surface area contributed by atoms with E-state index in [1.165, 1.54) is 0 Å². The number of hydrogen-bond acceptors (Lipinski definition) is 7. The SMILES string of the molecule is N[C@H](CCC(=O)N[C@H](CSCC(=O)c1ccc(Cl)cc1)C(=O)NCC(=O)O)C(=O)O. The average Bonchev–Trinajstić information content (AvgIpc) is 2.69. The van der Waals surface area contributed by atoms with Crippen molar-refractivity contribution >= 4 is 52.9 Å². The normalized spacial score (nSPS) is 12.5. The molecule has 1 aromatic carbocycles. The van der Waals surface area contributed by atoms with Gasteiger partial charge in [0.25, 0.3) is 0 Å². The number of carboxylic acids is 2. The highest BCUT2D eigenvalue weighted by Gasteiger charge is 2.23. The maximum absolute atomic E-state index is 12.2. The maximum atomic E-state index is 12.2. The molecule has 0 aromatic heterocycles. The summed E-state index contributed by atoms with van der Waals surface area (Å²) in [6, 6.07) is 3.95. The number of ketones is 1. The molecule has 0 saturated heterocycles. The molecule has 12 heteroatoms. The zero-order valence-electron chi connectivity index (χ0n) is 15.8. The van der Waals surface area contributed by atoms with Crippen molar-refractivity contribution in [3.05, 3.63) is 34.9 Å². The molecular weight excluding hydrogens is 438 g/mol. The first-order valence-electron chi connectivity index (χ1n) is 8.74. The quantitative estimate of drug-likeness (QED) is 0.256. The molecule has 0 fully saturated rings. The van der Waals surface area contributed by atoms with Crippen molar-refractivity contribution in [3.63, 3.8) is 0 Å². The Morgan fingerprint density at radius 1 is 1.10 bits per heavy atom. The summed E-state index contributed by atoms with van der Waals surface area (Å²) >= 11 is 6.85. The van der Waals surface area contributed by atoms with Crippen molar-refractivity contribution in [2.75, 3.05) is 18.1 Å². The third kappa shape index (κ3) is 9.72. The van der Waals surface area contributed by atoms with Crippen LogP contribution in [0.5, 0.6) is 0 Å². The van der Waals surface area contributed by atoms with Crippen LogP contribution in [-0.4, -0.2) is 69.9 Å². The highest BCUT2D eigenvalue weighted by atomic mass is 35.5. The number of thioether (sulfide) groups is 1. The second-order valence-corrected chi connectivity index (χ2v) is 7.63. The molecule has 164 valence electrons. The molecule has 0 spiro atoms. The second kappa shape index (κ2) is 12.8. The van der Waals surface area contributed by atoms with E-state index in [4.69, 9.17) is 27.5 Å². The molecule has 0 aliphatic rings. The van der Waals surface area contributed by atoms with Gasteiger partial charge in [0.15, 0.2) is 5.78 Å². The van der Waals surface area contributed by atoms with E-state index in [1.54, 1.807) is 24.3 Å². The van der Waals surface area contributed by atoms with Crippen molar-refractivity contribution in [1.29, 1.82) is 0 Å². The topological polar surface area (TPSA) is 176 Å². The van der Waals surface area contributed by atoms with E-state index in [0.717, 1.165) is 11.8 Å². The molecule has 1 rings (SSSR count). The van der Waals surface area contributed by atoms with Crippen LogP contribution in [0.15, 0.2) is 24.3 Å². The predicted molar refractivity (Wildman–Crippen MR) is 111 cm³/mol. The summed E-state index contributed by atoms with van der Waals surface area (Å²) < 4.78 is 0. The molecule has 2 atom stereocenters. The summed E-state index contributed by atoms with van der Waals surface area (Å²) in [6.07, 6.45) is -0.364. The van der Waals surface area contributed by atoms with Crippen LogP contribution in [0, 0.1) is 0 Å². The second-order valence-electron chi connectivity index (χ2n) is 6.16. The van der Waals surface area contributed by atoms with E-state index in [9.17, 15) is 24.0 Å². The van der Waals surface area contributed by atoms with Gasteiger partial charge in [-0.25, -0.2) is 0 Å². The van der Waals surface area contributed by atoms with Gasteiger partial charge in [-0.2, -0.15) is 11.8 Å². The number of carboxylic acid groups (broad SMARTS) is 2. The van der Waals surface area contributed by atoms with Gasteiger partial charge in [-0.1, -0.05) is 11.6 Å². The number of benzene rings is 1. The number of halogens is 1. The highest BCUT2D eigenvalue weighted by Crippen LogP contribution is 2.13. The number of nitrogens with two attached hydrogens (primary N) is 1. The molecule has 0 bridgehead atoms. The summed E-state index contributed by atoms with van der Waals surface area (Å²) in [6.45, 7) is -0.635. The molecule has 30 heavy (non-hydrogen) atoms. The molecule has 0 unspecified atom stereocenters. The fourth-order valence-electron chi connectivity index (χ4n) is 2.13. The Morgan fingerprint density at radius 3 is 2.30 bits per heavy atom. The predicted octanol–water partition coefficient (Wildman–Crippen LogP) is 0.134. The zero-order valence-corrected chi connectivity index (χ0v) is 17.4. The van der Waals surface area contributed by atoms with Gasteiger partial charge in [0.05, 0.1) is 5.75 Å². The smallest absolute Gasteiger partial charge is 0.322 e. The Kier molecular flexibility index (Phi) is 10.9. The third-order valence-corrected chi connectivity index (χ3v) is 5.04. The molecule has 6 N–H and O–H groups in total. The molecule has 1 aromatic rings.